The van der Waals surface area contributed by atoms with Crippen LogP contribution in [0.2, 0.25) is 0 Å². The summed E-state index contributed by atoms with van der Waals surface area (Å²) >= 11 is 1.51. The molecule has 0 saturated heterocycles. The molecule has 0 bridgehead atoms. The second kappa shape index (κ2) is 5.89. The Labute approximate surface area is 141 Å². The molecule has 0 aliphatic carbocycles. The summed E-state index contributed by atoms with van der Waals surface area (Å²) in [5, 5.41) is 6.34. The number of ether oxygens (including phenoxy) is 2. The van der Waals surface area contributed by atoms with Crippen LogP contribution in [0.1, 0.15) is 0 Å². The molecule has 0 atom stereocenters. The number of methoxy groups -OCH3 is 2. The van der Waals surface area contributed by atoms with Crippen molar-refractivity contribution in [2.45, 2.75) is 0 Å². The summed E-state index contributed by atoms with van der Waals surface area (Å²) in [5.74, 6) is 1.90. The number of fused-ring (bicyclic) bond motifs is 1. The smallest absolute Gasteiger partial charge is 0.179 e. The molecule has 0 aliphatic rings. The molecule has 3 heterocycles. The summed E-state index contributed by atoms with van der Waals surface area (Å²) in [4.78, 5) is 13.2. The van der Waals surface area contributed by atoms with Crippen molar-refractivity contribution in [1.82, 2.24) is 24.7 Å². The fourth-order valence-electron chi connectivity index (χ4n) is 2.43. The van der Waals surface area contributed by atoms with Crippen molar-refractivity contribution < 1.29 is 9.47 Å². The van der Waals surface area contributed by atoms with Crippen molar-refractivity contribution in [3.8, 4) is 28.7 Å². The van der Waals surface area contributed by atoms with Gasteiger partial charge in [-0.05, 0) is 12.1 Å². The fraction of sp³-hybridized carbons (Fsp3) is 0.125. The maximum Gasteiger partial charge on any atom is 0.179 e. The number of hydrogen-bond acceptors (Lipinski definition) is 7. The van der Waals surface area contributed by atoms with Gasteiger partial charge in [-0.1, -0.05) is 0 Å². The molecule has 120 valence electrons. The van der Waals surface area contributed by atoms with Crippen LogP contribution < -0.4 is 9.47 Å². The summed E-state index contributed by atoms with van der Waals surface area (Å²) in [6, 6.07) is 5.61. The largest absolute Gasteiger partial charge is 0.493 e. The summed E-state index contributed by atoms with van der Waals surface area (Å²) in [7, 11) is 3.21. The molecular weight excluding hydrogens is 326 g/mol. The molecule has 4 aromatic rings. The average molecular weight is 339 g/mol. The SMILES string of the molecule is COc1ccc(-n2ncc3nc(-c4cscn4)ncc32)cc1OC. The predicted octanol–water partition coefficient (Wildman–Crippen LogP) is 2.96. The number of thiazole rings is 1. The van der Waals surface area contributed by atoms with E-state index in [1.54, 1.807) is 36.8 Å². The normalized spacial score (nSPS) is 10.9. The highest BCUT2D eigenvalue weighted by Gasteiger charge is 2.12. The number of nitrogens with zero attached hydrogens (tertiary/aromatic N) is 5. The average Bonchev–Trinajstić information content (AvgIpc) is 3.30. The number of rotatable bonds is 4. The molecule has 0 radical (unpaired) electrons. The highest BCUT2D eigenvalue weighted by Crippen LogP contribution is 2.30. The molecule has 3 aromatic heterocycles. The Morgan fingerprint density at radius 3 is 2.67 bits per heavy atom. The quantitative estimate of drug-likeness (QED) is 0.569. The van der Waals surface area contributed by atoms with E-state index in [4.69, 9.17) is 9.47 Å². The predicted molar refractivity (Wildman–Crippen MR) is 90.9 cm³/mol. The van der Waals surface area contributed by atoms with Crippen LogP contribution in [-0.2, 0) is 0 Å². The van der Waals surface area contributed by atoms with Crippen LogP contribution in [0, 0.1) is 0 Å². The summed E-state index contributed by atoms with van der Waals surface area (Å²) in [6.07, 6.45) is 3.46. The second-order valence-electron chi connectivity index (χ2n) is 4.93. The summed E-state index contributed by atoms with van der Waals surface area (Å²) in [6.45, 7) is 0. The van der Waals surface area contributed by atoms with Crippen LogP contribution in [0.3, 0.4) is 0 Å². The van der Waals surface area contributed by atoms with E-state index in [2.05, 4.69) is 20.1 Å². The molecule has 0 saturated carbocycles. The van der Waals surface area contributed by atoms with Gasteiger partial charge in [-0.3, -0.25) is 0 Å². The van der Waals surface area contributed by atoms with Gasteiger partial charge in [0.1, 0.15) is 16.7 Å². The Balaban J connectivity index is 1.80. The highest BCUT2D eigenvalue weighted by molar-refractivity contribution is 7.07. The van der Waals surface area contributed by atoms with Crippen molar-refractivity contribution in [3.63, 3.8) is 0 Å². The molecule has 0 aliphatic heterocycles. The Kier molecular flexibility index (Phi) is 3.58. The van der Waals surface area contributed by atoms with Gasteiger partial charge in [-0.2, -0.15) is 5.10 Å². The zero-order valence-electron chi connectivity index (χ0n) is 13.0. The van der Waals surface area contributed by atoms with Gasteiger partial charge in [-0.15, -0.1) is 11.3 Å². The molecule has 0 spiro atoms. The fourth-order valence-corrected chi connectivity index (χ4v) is 2.96. The van der Waals surface area contributed by atoms with Gasteiger partial charge in [0.25, 0.3) is 0 Å². The Hall–Kier alpha value is -3.00. The lowest BCUT2D eigenvalue weighted by Gasteiger charge is -2.10. The molecule has 0 N–H and O–H groups in total. The number of benzene rings is 1. The van der Waals surface area contributed by atoms with Gasteiger partial charge >= 0.3 is 0 Å². The minimum Gasteiger partial charge on any atom is -0.493 e. The van der Waals surface area contributed by atoms with Crippen molar-refractivity contribution >= 4 is 22.4 Å². The van der Waals surface area contributed by atoms with Crippen molar-refractivity contribution in [3.05, 3.63) is 41.5 Å². The van der Waals surface area contributed by atoms with E-state index in [9.17, 15) is 0 Å². The van der Waals surface area contributed by atoms with Crippen LogP contribution >= 0.6 is 11.3 Å². The van der Waals surface area contributed by atoms with E-state index >= 15 is 0 Å². The van der Waals surface area contributed by atoms with E-state index < -0.39 is 0 Å². The summed E-state index contributed by atoms with van der Waals surface area (Å²) in [5.41, 5.74) is 4.92. The van der Waals surface area contributed by atoms with Crippen LogP contribution in [0.4, 0.5) is 0 Å². The second-order valence-corrected chi connectivity index (χ2v) is 5.65. The van der Waals surface area contributed by atoms with Gasteiger partial charge in [0.05, 0.1) is 37.8 Å². The highest BCUT2D eigenvalue weighted by atomic mass is 32.1. The number of hydrogen-bond donors (Lipinski definition) is 0. The maximum absolute atomic E-state index is 5.35. The van der Waals surface area contributed by atoms with E-state index in [-0.39, 0.29) is 0 Å². The molecule has 8 heteroatoms. The van der Waals surface area contributed by atoms with Gasteiger partial charge < -0.3 is 9.47 Å². The molecule has 7 nitrogen and oxygen atoms in total. The van der Waals surface area contributed by atoms with Gasteiger partial charge in [0, 0.05) is 11.4 Å². The third kappa shape index (κ3) is 2.37. The van der Waals surface area contributed by atoms with E-state index in [0.717, 1.165) is 22.4 Å². The van der Waals surface area contributed by atoms with E-state index in [1.165, 1.54) is 11.3 Å². The zero-order valence-corrected chi connectivity index (χ0v) is 13.8. The van der Waals surface area contributed by atoms with E-state index in [0.29, 0.717) is 17.3 Å². The lowest BCUT2D eigenvalue weighted by Crippen LogP contribution is -1.99. The Morgan fingerprint density at radius 1 is 1.04 bits per heavy atom. The maximum atomic E-state index is 5.35. The molecule has 0 unspecified atom stereocenters. The molecule has 1 aromatic carbocycles. The standard InChI is InChI=1S/C16H13N5O2S/c1-22-14-4-3-10(5-15(14)23-2)21-13-7-17-16(12-8-24-9-18-12)20-11(13)6-19-21/h3-9H,1-2H3. The third-order valence-corrected chi connectivity index (χ3v) is 4.18. The van der Waals surface area contributed by atoms with Crippen LogP contribution in [-0.4, -0.2) is 39.0 Å². The van der Waals surface area contributed by atoms with Crippen LogP contribution in [0.25, 0.3) is 28.2 Å². The van der Waals surface area contributed by atoms with Crippen molar-refractivity contribution in [2.75, 3.05) is 14.2 Å². The summed E-state index contributed by atoms with van der Waals surface area (Å²) < 4.78 is 12.4. The minimum absolute atomic E-state index is 0.593. The lowest BCUT2D eigenvalue weighted by atomic mass is 10.2. The molecule has 24 heavy (non-hydrogen) atoms. The van der Waals surface area contributed by atoms with Gasteiger partial charge in [0.15, 0.2) is 17.3 Å². The van der Waals surface area contributed by atoms with Gasteiger partial charge in [-0.25, -0.2) is 19.6 Å². The molecule has 0 fully saturated rings. The first kappa shape index (κ1) is 14.6. The van der Waals surface area contributed by atoms with Crippen molar-refractivity contribution in [1.29, 1.82) is 0 Å². The Morgan fingerprint density at radius 2 is 1.92 bits per heavy atom. The molecule has 4 rings (SSSR count). The lowest BCUT2D eigenvalue weighted by molar-refractivity contribution is 0.355. The number of aromatic nitrogens is 5. The molecular formula is C16H13N5O2S. The Bertz CT molecular complexity index is 997. The van der Waals surface area contributed by atoms with Crippen molar-refractivity contribution in [2.24, 2.45) is 0 Å². The van der Waals surface area contributed by atoms with E-state index in [1.807, 2.05) is 23.6 Å². The third-order valence-electron chi connectivity index (χ3n) is 3.59. The van der Waals surface area contributed by atoms with Gasteiger partial charge in [0.2, 0.25) is 0 Å². The first-order valence-electron chi connectivity index (χ1n) is 7.12. The van der Waals surface area contributed by atoms with Crippen LogP contribution in [0.15, 0.2) is 41.5 Å². The molecule has 0 amide bonds. The minimum atomic E-state index is 0.593. The topological polar surface area (TPSA) is 75.0 Å². The first-order chi connectivity index (χ1) is 11.8. The first-order valence-corrected chi connectivity index (χ1v) is 8.06. The van der Waals surface area contributed by atoms with Crippen LogP contribution in [0.5, 0.6) is 11.5 Å². The monoisotopic (exact) mass is 339 g/mol. The zero-order chi connectivity index (χ0) is 16.5.